The van der Waals surface area contributed by atoms with Gasteiger partial charge in [0.2, 0.25) is 0 Å². The molecule has 0 amide bonds. The third-order valence-electron chi connectivity index (χ3n) is 5.04. The van der Waals surface area contributed by atoms with Crippen LogP contribution >= 0.6 is 0 Å². The summed E-state index contributed by atoms with van der Waals surface area (Å²) in [5, 5.41) is 9.02. The van der Waals surface area contributed by atoms with E-state index in [-0.39, 0.29) is 28.3 Å². The molecule has 0 fully saturated rings. The Bertz CT molecular complexity index is 519. The van der Waals surface area contributed by atoms with E-state index in [1.54, 1.807) is 0 Å². The average Bonchev–Trinajstić information content (AvgIpc) is 2.32. The third kappa shape index (κ3) is 4.62. The summed E-state index contributed by atoms with van der Waals surface area (Å²) in [6.45, 7) is 20.0. The molecule has 0 heterocycles. The topological polar surface area (TPSA) is 46.5 Å². The Morgan fingerprint density at radius 3 is 1.96 bits per heavy atom. The Kier molecular flexibility index (Phi) is 5.16. The van der Waals surface area contributed by atoms with Crippen LogP contribution in [0.2, 0.25) is 0 Å². The second-order valence-corrected chi connectivity index (χ2v) is 9.91. The van der Waals surface area contributed by atoms with Crippen molar-refractivity contribution in [2.75, 3.05) is 6.61 Å². The Labute approximate surface area is 141 Å². The number of carbonyl (C=O) groups is 1. The first kappa shape index (κ1) is 19.8. The van der Waals surface area contributed by atoms with Gasteiger partial charge in [0.05, 0.1) is 0 Å². The molecule has 0 aliphatic heterocycles. The van der Waals surface area contributed by atoms with Crippen LogP contribution in [0, 0.1) is 21.7 Å². The first-order valence-corrected chi connectivity index (χ1v) is 8.39. The highest BCUT2D eigenvalue weighted by Crippen LogP contribution is 2.53. The summed E-state index contributed by atoms with van der Waals surface area (Å²) < 4.78 is 5.08. The molecule has 132 valence electrons. The fourth-order valence-electron chi connectivity index (χ4n) is 2.87. The van der Waals surface area contributed by atoms with E-state index in [0.29, 0.717) is 0 Å². The summed E-state index contributed by atoms with van der Waals surface area (Å²) in [4.78, 5) is 11.0. The van der Waals surface area contributed by atoms with Crippen LogP contribution in [0.3, 0.4) is 0 Å². The third-order valence-corrected chi connectivity index (χ3v) is 5.04. The zero-order valence-corrected chi connectivity index (χ0v) is 16.3. The van der Waals surface area contributed by atoms with Crippen molar-refractivity contribution in [1.29, 1.82) is 0 Å². The van der Waals surface area contributed by atoms with Gasteiger partial charge in [-0.2, -0.15) is 0 Å². The van der Waals surface area contributed by atoms with Crippen LogP contribution in [0.15, 0.2) is 23.3 Å². The zero-order valence-electron chi connectivity index (χ0n) is 16.3. The lowest BCUT2D eigenvalue weighted by atomic mass is 9.57. The molecule has 1 aliphatic rings. The number of carboxylic acid groups (broad SMARTS) is 1. The average molecular weight is 322 g/mol. The molecule has 1 N–H and O–H groups in total. The summed E-state index contributed by atoms with van der Waals surface area (Å²) in [7, 11) is 0. The standard InChI is InChI=1S/C20H34O3/c1-17(2,3)14-10-15(18(4,5)6)12-20(11-14,19(7,8)9)13-23-16(21)22/h10-11H,12-13H2,1-9H3,(H,21,22). The summed E-state index contributed by atoms with van der Waals surface area (Å²) in [5.74, 6) is 0. The van der Waals surface area contributed by atoms with Crippen molar-refractivity contribution < 1.29 is 14.6 Å². The summed E-state index contributed by atoms with van der Waals surface area (Å²) >= 11 is 0. The number of hydrogen-bond donors (Lipinski definition) is 1. The van der Waals surface area contributed by atoms with E-state index in [1.165, 1.54) is 11.1 Å². The monoisotopic (exact) mass is 322 g/mol. The molecule has 0 aromatic heterocycles. The first-order valence-electron chi connectivity index (χ1n) is 8.39. The SMILES string of the molecule is CC(C)(C)C1=CC(COC(=O)O)(C(C)(C)C)CC(C(C)(C)C)=C1. The van der Waals surface area contributed by atoms with Crippen molar-refractivity contribution >= 4 is 6.16 Å². The molecule has 1 rings (SSSR count). The quantitative estimate of drug-likeness (QED) is 0.628. The Hall–Kier alpha value is -1.25. The van der Waals surface area contributed by atoms with Gasteiger partial charge >= 0.3 is 6.16 Å². The summed E-state index contributed by atoms with van der Waals surface area (Å²) in [6.07, 6.45) is 4.20. The van der Waals surface area contributed by atoms with Gasteiger partial charge in [-0.05, 0) is 28.2 Å². The predicted molar refractivity (Wildman–Crippen MR) is 95.6 cm³/mol. The van der Waals surface area contributed by atoms with Gasteiger partial charge < -0.3 is 9.84 Å². The maximum atomic E-state index is 11.0. The van der Waals surface area contributed by atoms with Gasteiger partial charge in [-0.25, -0.2) is 4.79 Å². The van der Waals surface area contributed by atoms with Crippen molar-refractivity contribution in [3.63, 3.8) is 0 Å². The second kappa shape index (κ2) is 5.99. The van der Waals surface area contributed by atoms with Crippen LogP contribution in [0.4, 0.5) is 4.79 Å². The van der Waals surface area contributed by atoms with Crippen LogP contribution in [0.25, 0.3) is 0 Å². The number of rotatable bonds is 2. The lowest BCUT2D eigenvalue weighted by Crippen LogP contribution is -2.42. The van der Waals surface area contributed by atoms with E-state index in [0.717, 1.165) is 6.42 Å². The number of ether oxygens (including phenoxy) is 1. The highest BCUT2D eigenvalue weighted by atomic mass is 16.7. The molecule has 1 unspecified atom stereocenters. The van der Waals surface area contributed by atoms with Gasteiger partial charge in [-0.3, -0.25) is 0 Å². The fraction of sp³-hybridized carbons (Fsp3) is 0.750. The largest absolute Gasteiger partial charge is 0.505 e. The molecule has 0 spiro atoms. The van der Waals surface area contributed by atoms with Crippen molar-refractivity contribution in [3.8, 4) is 0 Å². The normalized spacial score (nSPS) is 23.2. The van der Waals surface area contributed by atoms with Gasteiger partial charge in [0.15, 0.2) is 0 Å². The van der Waals surface area contributed by atoms with E-state index < -0.39 is 6.16 Å². The van der Waals surface area contributed by atoms with Crippen LogP contribution in [-0.4, -0.2) is 17.9 Å². The van der Waals surface area contributed by atoms with Crippen molar-refractivity contribution in [2.45, 2.75) is 68.7 Å². The van der Waals surface area contributed by atoms with Crippen molar-refractivity contribution in [2.24, 2.45) is 21.7 Å². The molecule has 0 aromatic carbocycles. The van der Waals surface area contributed by atoms with Crippen LogP contribution in [0.1, 0.15) is 68.7 Å². The molecule has 23 heavy (non-hydrogen) atoms. The number of hydrogen-bond acceptors (Lipinski definition) is 2. The van der Waals surface area contributed by atoms with E-state index >= 15 is 0 Å². The highest BCUT2D eigenvalue weighted by molar-refractivity contribution is 5.57. The van der Waals surface area contributed by atoms with Crippen molar-refractivity contribution in [3.05, 3.63) is 23.3 Å². The molecule has 3 heteroatoms. The molecule has 0 bridgehead atoms. The predicted octanol–water partition coefficient (Wildman–Crippen LogP) is 6.06. The molecule has 0 radical (unpaired) electrons. The minimum Gasteiger partial charge on any atom is -0.450 e. The van der Waals surface area contributed by atoms with Gasteiger partial charge in [-0.1, -0.05) is 80.0 Å². The van der Waals surface area contributed by atoms with E-state index in [1.807, 2.05) is 0 Å². The van der Waals surface area contributed by atoms with Crippen LogP contribution in [0.5, 0.6) is 0 Å². The maximum Gasteiger partial charge on any atom is 0.505 e. The van der Waals surface area contributed by atoms with Crippen LogP contribution < -0.4 is 0 Å². The van der Waals surface area contributed by atoms with Crippen LogP contribution in [-0.2, 0) is 4.74 Å². The van der Waals surface area contributed by atoms with Gasteiger partial charge in [0, 0.05) is 5.41 Å². The highest BCUT2D eigenvalue weighted by Gasteiger charge is 2.46. The molecule has 3 nitrogen and oxygen atoms in total. The zero-order chi connectivity index (χ0) is 18.3. The molecular formula is C20H34O3. The molecule has 0 aromatic rings. The lowest BCUT2D eigenvalue weighted by molar-refractivity contribution is 0.0135. The fourth-order valence-corrected chi connectivity index (χ4v) is 2.87. The Balaban J connectivity index is 3.48. The smallest absolute Gasteiger partial charge is 0.450 e. The van der Waals surface area contributed by atoms with Gasteiger partial charge in [-0.15, -0.1) is 0 Å². The molecule has 0 saturated carbocycles. The van der Waals surface area contributed by atoms with E-state index in [9.17, 15) is 4.79 Å². The van der Waals surface area contributed by atoms with Gasteiger partial charge in [0.25, 0.3) is 0 Å². The summed E-state index contributed by atoms with van der Waals surface area (Å²) in [5.41, 5.74) is 2.24. The number of allylic oxidation sites excluding steroid dienone is 3. The Morgan fingerprint density at radius 2 is 1.61 bits per heavy atom. The minimum absolute atomic E-state index is 0.0106. The summed E-state index contributed by atoms with van der Waals surface area (Å²) in [6, 6.07) is 0. The molecular weight excluding hydrogens is 288 g/mol. The van der Waals surface area contributed by atoms with E-state index in [2.05, 4.69) is 74.5 Å². The van der Waals surface area contributed by atoms with E-state index in [4.69, 9.17) is 9.84 Å². The van der Waals surface area contributed by atoms with Gasteiger partial charge in [0.1, 0.15) is 6.61 Å². The maximum absolute atomic E-state index is 11.0. The first-order chi connectivity index (χ1) is 10.1. The van der Waals surface area contributed by atoms with Crippen molar-refractivity contribution in [1.82, 2.24) is 0 Å². The molecule has 1 atom stereocenters. The molecule has 0 saturated heterocycles. The Morgan fingerprint density at radius 1 is 1.09 bits per heavy atom. The molecule has 1 aliphatic carbocycles. The minimum atomic E-state index is -1.20. The second-order valence-electron chi connectivity index (χ2n) is 9.91. The lowest BCUT2D eigenvalue weighted by Gasteiger charge is -2.48.